The number of hydrogen-bond acceptors (Lipinski definition) is 2. The molecule has 0 spiro atoms. The highest BCUT2D eigenvalue weighted by Gasteiger charge is 2.21. The number of rotatable bonds is 6. The van der Waals surface area contributed by atoms with Crippen LogP contribution in [0.5, 0.6) is 0 Å². The van der Waals surface area contributed by atoms with Crippen molar-refractivity contribution in [2.75, 3.05) is 0 Å². The predicted octanol–water partition coefficient (Wildman–Crippen LogP) is 25.2. The summed E-state index contributed by atoms with van der Waals surface area (Å²) in [7, 11) is 0. The summed E-state index contributed by atoms with van der Waals surface area (Å²) in [5.74, 6) is 0. The van der Waals surface area contributed by atoms with Crippen LogP contribution in [0.3, 0.4) is 0 Å². The van der Waals surface area contributed by atoms with Crippen molar-refractivity contribution < 1.29 is 82.9 Å². The molecule has 0 aliphatic rings. The maximum absolute atomic E-state index is 9.79. The van der Waals surface area contributed by atoms with Gasteiger partial charge in [0.15, 0.2) is 0 Å². The molecule has 90 heavy (non-hydrogen) atoms. The van der Waals surface area contributed by atoms with Crippen LogP contribution < -0.4 is 0 Å². The van der Waals surface area contributed by atoms with Crippen LogP contribution in [0.25, 0.3) is 186 Å². The molecule has 19 aromatic rings. The average Bonchev–Trinajstić information content (AvgIpc) is 0.958. The van der Waals surface area contributed by atoms with Crippen LogP contribution in [-0.2, 0) is 0 Å². The first-order valence-corrected chi connectivity index (χ1v) is 26.6. The van der Waals surface area contributed by atoms with Crippen molar-refractivity contribution in [2.24, 2.45) is 0 Å². The second-order valence-corrected chi connectivity index (χ2v) is 19.5. The van der Waals surface area contributed by atoms with Crippen molar-refractivity contribution in [3.05, 3.63) is 326 Å². The maximum atomic E-state index is 9.79. The summed E-state index contributed by atoms with van der Waals surface area (Å²) in [6.45, 7) is 0. The summed E-state index contributed by atoms with van der Waals surface area (Å²) in [5.41, 5.74) is -11.5. The summed E-state index contributed by atoms with van der Waals surface area (Å²) >= 11 is 0. The third-order valence-corrected chi connectivity index (χ3v) is 14.7. The van der Waals surface area contributed by atoms with E-state index in [-0.39, 0.29) is 0 Å². The summed E-state index contributed by atoms with van der Waals surface area (Å²) in [4.78, 5) is 0. The lowest BCUT2D eigenvalue weighted by Gasteiger charge is -2.18. The third kappa shape index (κ3) is 8.34. The molecule has 2 nitrogen and oxygen atoms in total. The highest BCUT2D eigenvalue weighted by atomic mass is 16.3. The molecular formula is C88H54O2. The van der Waals surface area contributed by atoms with Crippen molar-refractivity contribution in [1.29, 1.82) is 0 Å². The fourth-order valence-corrected chi connectivity index (χ4v) is 10.9. The molecule has 0 saturated heterocycles. The predicted molar refractivity (Wildman–Crippen MR) is 383 cm³/mol. The molecule has 2 heterocycles. The largest absolute Gasteiger partial charge is 0.456 e. The van der Waals surface area contributed by atoms with E-state index in [1.807, 2.05) is 0 Å². The fourth-order valence-electron chi connectivity index (χ4n) is 10.9. The smallest absolute Gasteiger partial charge is 0.135 e. The highest BCUT2D eigenvalue weighted by molar-refractivity contribution is 6.24. The molecule has 0 aliphatic carbocycles. The Bertz CT molecular complexity index is 9280. The Labute approximate surface area is 595 Å². The minimum Gasteiger partial charge on any atom is -0.456 e. The van der Waals surface area contributed by atoms with Gasteiger partial charge in [-0.1, -0.05) is 284 Å². The van der Waals surface area contributed by atoms with Crippen molar-refractivity contribution in [3.63, 3.8) is 0 Å². The lowest BCUT2D eigenvalue weighted by atomic mass is 9.85. The molecule has 0 unspecified atom stereocenters. The van der Waals surface area contributed by atoms with Crippen LogP contribution in [0, 0.1) is 0 Å². The van der Waals surface area contributed by atoms with Gasteiger partial charge < -0.3 is 8.83 Å². The Morgan fingerprint density at radius 3 is 1.01 bits per heavy atom. The van der Waals surface area contributed by atoms with Crippen LogP contribution in [0.4, 0.5) is 0 Å². The van der Waals surface area contributed by atoms with Crippen molar-refractivity contribution in [3.8, 4) is 66.8 Å². The molecule has 19 rings (SSSR count). The molecule has 0 atom stereocenters. The van der Waals surface area contributed by atoms with E-state index >= 15 is 0 Å². The zero-order chi connectivity index (χ0) is 106. The Morgan fingerprint density at radius 1 is 0.178 bits per heavy atom. The lowest BCUT2D eigenvalue weighted by molar-refractivity contribution is 0.668. The quantitative estimate of drug-likeness (QED) is 0.123. The molecule has 0 aliphatic heterocycles. The molecule has 2 aromatic heterocycles. The van der Waals surface area contributed by atoms with E-state index in [0.29, 0.717) is 0 Å². The molecule has 2 heteroatoms. The number of furan rings is 2. The molecule has 0 N–H and O–H groups in total. The van der Waals surface area contributed by atoms with E-state index in [1.54, 1.807) is 0 Å². The van der Waals surface area contributed by atoms with Gasteiger partial charge >= 0.3 is 0 Å². The number of para-hydroxylation sites is 2. The second kappa shape index (κ2) is 21.0. The van der Waals surface area contributed by atoms with Crippen LogP contribution in [0.2, 0.25) is 0 Å². The number of fused-ring (bicyclic) bond motifs is 14. The van der Waals surface area contributed by atoms with E-state index in [4.69, 9.17) is 58.2 Å². The molecule has 0 fully saturated rings. The van der Waals surface area contributed by atoms with E-state index in [2.05, 4.69) is 0 Å². The van der Waals surface area contributed by atoms with Crippen molar-refractivity contribution in [2.45, 2.75) is 0 Å². The Balaban J connectivity index is 0.000000190. The normalized spacial score (nSPS) is 20.2. The Kier molecular flexibility index (Phi) is 4.87. The molecule has 0 amide bonds. The number of hydrogen-bond donors (Lipinski definition) is 0. The van der Waals surface area contributed by atoms with Crippen LogP contribution in [-0.4, -0.2) is 0 Å². The van der Waals surface area contributed by atoms with Gasteiger partial charge in [-0.15, -0.1) is 0 Å². The topological polar surface area (TPSA) is 26.3 Å². The van der Waals surface area contributed by atoms with Gasteiger partial charge in [-0.25, -0.2) is 0 Å². The first kappa shape index (κ1) is 20.9. The SMILES string of the molecule is [2H]c1c([2H])c(-c2c([2H])c([2H])c([2H])c3c([2H])c([2H])c([2H])c([2H])c23)c([2H])c(-c2c3c([2H])c([2H])c([2H])c([2H])c3c(-c3c([2H])c([2H])c4oc5c([2H])c([2H])c([2H])c([2H])c5c4c3[2H])c3c([2H])c([2H])c([2H])c([2H])c23)c1[2H].[2H]c1c([2H])c(-c2c([2H])c([2H])c([2H])c3c([2H])c([2H])c4c([2H])c([2H])c([2H])c([2H])c4c23)c([2H])c([2H])c1-c1c2c([2H])c([2H])c([2H])c([2H])c2c(-c2c([2H])c([2H])c3oc4c([2H])c([2H])c([2H])c([2H])c4c3c2[2H])c2c([2H])c([2H])c([2H])c([2H])c12. The fraction of sp³-hybridized carbons (Fsp3) is 0. The van der Waals surface area contributed by atoms with Gasteiger partial charge in [-0.2, -0.15) is 0 Å². The molecule has 0 saturated carbocycles. The summed E-state index contributed by atoms with van der Waals surface area (Å²) in [6, 6.07) is -49.7. The average molecular weight is 1200 g/mol. The second-order valence-electron chi connectivity index (χ2n) is 19.5. The number of benzene rings is 17. The van der Waals surface area contributed by atoms with Gasteiger partial charge in [0.2, 0.25) is 0 Å². The van der Waals surface area contributed by atoms with Crippen LogP contribution in [0.1, 0.15) is 74.0 Å². The molecule has 0 bridgehead atoms. The molecular weight excluding hydrogens is 1090 g/mol. The van der Waals surface area contributed by atoms with E-state index in [9.17, 15) is 24.7 Å². The molecule has 17 aromatic carbocycles. The third-order valence-electron chi connectivity index (χ3n) is 14.7. The maximum Gasteiger partial charge on any atom is 0.135 e. The first-order valence-electron chi connectivity index (χ1n) is 53.6. The summed E-state index contributed by atoms with van der Waals surface area (Å²) in [5, 5.41) is -11.3. The first-order chi connectivity index (χ1) is 67.1. The molecule has 0 radical (unpaired) electrons. The van der Waals surface area contributed by atoms with E-state index < -0.39 is 512 Å². The van der Waals surface area contributed by atoms with Crippen LogP contribution >= 0.6 is 0 Å². The van der Waals surface area contributed by atoms with Gasteiger partial charge in [-0.05, 0) is 184 Å². The van der Waals surface area contributed by atoms with E-state index in [0.717, 1.165) is 0 Å². The standard InChI is InChI=1S/C46H28O.C42H26O/c1-2-12-34-29(10-1)20-23-31-11-9-18-35(44(31)34)30-21-24-32(25-22-30)45-37-14-3-5-16-39(37)46(40-17-6-4-15-38(40)45)33-26-27-43-41(28-33)36-13-7-8-19-42(36)47-43;1-2-15-31-27(11-1)12-10-21-32(31)28-13-9-14-29(25-28)41-34-17-3-5-19-36(34)42(37-20-6-4-18-35(37)41)30-23-24-40-38(26-30)33-16-7-8-22-39(33)43-40/h1-28H;1-26H/i1D,2D,3D,4D,5D,6D,7D,8D,9D,10D,11D,12D,13D,14D,15D,16D,17D,18D,19D,20D,21D,22D,23D,24D,25D,26D,27D,28D;1D,2D,3D,4D,5D,6D,7D,8D,9D,10D,11D,12D,13D,14D,15D,16D,17D,18D,19D,20D,21D,22D,23D,24D,25D,26D. The zero-order valence-corrected chi connectivity index (χ0v) is 44.8. The summed E-state index contributed by atoms with van der Waals surface area (Å²) in [6.07, 6.45) is 0. The Hall–Kier alpha value is -11.8. The monoisotopic (exact) mass is 1200 g/mol. The summed E-state index contributed by atoms with van der Waals surface area (Å²) < 4.78 is 496. The van der Waals surface area contributed by atoms with Gasteiger partial charge in [0, 0.05) is 21.5 Å². The Morgan fingerprint density at radius 2 is 0.500 bits per heavy atom. The highest BCUT2D eigenvalue weighted by Crippen LogP contribution is 2.48. The van der Waals surface area contributed by atoms with Crippen molar-refractivity contribution >= 4 is 119 Å². The van der Waals surface area contributed by atoms with Gasteiger partial charge in [0.25, 0.3) is 0 Å². The minimum atomic E-state index is -1.12. The zero-order valence-electron chi connectivity index (χ0n) is 98.8. The minimum absolute atomic E-state index is 0.422. The molecule has 418 valence electrons. The van der Waals surface area contributed by atoms with Gasteiger partial charge in [0.05, 0.1) is 74.0 Å². The lowest BCUT2D eigenvalue weighted by Crippen LogP contribution is -1.91. The van der Waals surface area contributed by atoms with Gasteiger partial charge in [-0.3, -0.25) is 0 Å². The van der Waals surface area contributed by atoms with E-state index in [1.165, 1.54) is 0 Å². The van der Waals surface area contributed by atoms with Crippen LogP contribution in [0.15, 0.2) is 335 Å². The van der Waals surface area contributed by atoms with Gasteiger partial charge in [0.1, 0.15) is 22.3 Å². The van der Waals surface area contributed by atoms with Crippen molar-refractivity contribution in [1.82, 2.24) is 0 Å².